The SMILES string of the molecule is O=C(NOC[C@@H]1C[C@H](N2CCCN2)CN1)C1CCC2CN1C(=O)N2OS(=O)(=O)O. The molecule has 0 spiro atoms. The zero-order valence-corrected chi connectivity index (χ0v) is 16.6. The lowest BCUT2D eigenvalue weighted by molar-refractivity contribution is -0.139. The first-order valence-electron chi connectivity index (χ1n) is 9.74. The fourth-order valence-electron chi connectivity index (χ4n) is 4.41. The normalized spacial score (nSPS) is 32.9. The fraction of sp³-hybridized carbons (Fsp3) is 0.867. The molecule has 4 heterocycles. The van der Waals surface area contributed by atoms with Gasteiger partial charge in [0.25, 0.3) is 5.91 Å². The number of amides is 3. The molecule has 3 amide bonds. The lowest BCUT2D eigenvalue weighted by Gasteiger charge is -2.29. The molecule has 0 radical (unpaired) electrons. The number of hydrogen-bond acceptors (Lipinski definition) is 9. The molecule has 29 heavy (non-hydrogen) atoms. The molecule has 4 rings (SSSR count). The van der Waals surface area contributed by atoms with Crippen molar-refractivity contribution in [1.29, 1.82) is 0 Å². The Labute approximate surface area is 168 Å². The highest BCUT2D eigenvalue weighted by molar-refractivity contribution is 7.80. The Morgan fingerprint density at radius 1 is 1.31 bits per heavy atom. The quantitative estimate of drug-likeness (QED) is 0.261. The van der Waals surface area contributed by atoms with Crippen molar-refractivity contribution in [3.63, 3.8) is 0 Å². The van der Waals surface area contributed by atoms with E-state index in [0.717, 1.165) is 32.5 Å². The third kappa shape index (κ3) is 4.63. The molecule has 2 unspecified atom stereocenters. The van der Waals surface area contributed by atoms with Crippen LogP contribution in [0.1, 0.15) is 25.7 Å². The van der Waals surface area contributed by atoms with Gasteiger partial charge in [-0.3, -0.25) is 19.6 Å². The van der Waals surface area contributed by atoms with Crippen molar-refractivity contribution in [1.82, 2.24) is 31.2 Å². The van der Waals surface area contributed by atoms with E-state index >= 15 is 0 Å². The minimum Gasteiger partial charge on any atom is -0.310 e. The lowest BCUT2D eigenvalue weighted by atomic mass is 10.0. The molecule has 2 bridgehead atoms. The number of fused-ring (bicyclic) bond motifs is 2. The van der Waals surface area contributed by atoms with E-state index in [0.29, 0.717) is 30.6 Å². The maximum Gasteiger partial charge on any atom is 0.418 e. The number of hydrogen-bond donors (Lipinski definition) is 4. The first-order chi connectivity index (χ1) is 13.8. The third-order valence-corrected chi connectivity index (χ3v) is 6.14. The Balaban J connectivity index is 1.23. The first kappa shape index (κ1) is 20.7. The van der Waals surface area contributed by atoms with Gasteiger partial charge in [-0.2, -0.15) is 13.5 Å². The molecule has 0 aromatic carbocycles. The van der Waals surface area contributed by atoms with E-state index in [2.05, 4.69) is 25.5 Å². The van der Waals surface area contributed by atoms with E-state index in [1.165, 1.54) is 4.90 Å². The number of nitrogens with one attached hydrogen (secondary N) is 3. The number of carbonyl (C=O) groups is 2. The monoisotopic (exact) mass is 434 g/mol. The van der Waals surface area contributed by atoms with Gasteiger partial charge >= 0.3 is 16.4 Å². The summed E-state index contributed by atoms with van der Waals surface area (Å²) in [7, 11) is -4.81. The molecule has 4 saturated heterocycles. The molecule has 14 heteroatoms. The van der Waals surface area contributed by atoms with Gasteiger partial charge in [0.2, 0.25) is 0 Å². The van der Waals surface area contributed by atoms with Gasteiger partial charge in [-0.15, -0.1) is 4.28 Å². The van der Waals surface area contributed by atoms with Gasteiger partial charge in [0.15, 0.2) is 0 Å². The Hall–Kier alpha value is -1.55. The van der Waals surface area contributed by atoms with Gasteiger partial charge in [-0.1, -0.05) is 0 Å². The van der Waals surface area contributed by atoms with Crippen LogP contribution < -0.4 is 16.2 Å². The highest BCUT2D eigenvalue weighted by Crippen LogP contribution is 2.30. The number of piperidine rings is 1. The second kappa shape index (κ2) is 8.29. The molecule has 0 aromatic heterocycles. The van der Waals surface area contributed by atoms with E-state index in [1.807, 2.05) is 0 Å². The van der Waals surface area contributed by atoms with Crippen molar-refractivity contribution < 1.29 is 31.7 Å². The van der Waals surface area contributed by atoms with Crippen molar-refractivity contribution >= 4 is 22.3 Å². The van der Waals surface area contributed by atoms with Crippen LogP contribution in [0.4, 0.5) is 4.79 Å². The van der Waals surface area contributed by atoms with Crippen LogP contribution >= 0.6 is 0 Å². The van der Waals surface area contributed by atoms with Gasteiger partial charge in [-0.25, -0.2) is 15.3 Å². The van der Waals surface area contributed by atoms with Gasteiger partial charge in [0.05, 0.1) is 12.6 Å². The molecule has 13 nitrogen and oxygen atoms in total. The van der Waals surface area contributed by atoms with Gasteiger partial charge in [-0.05, 0) is 25.7 Å². The number of carbonyl (C=O) groups excluding carboxylic acids is 2. The number of rotatable bonds is 7. The van der Waals surface area contributed by atoms with Crippen LogP contribution in [0.3, 0.4) is 0 Å². The summed E-state index contributed by atoms with van der Waals surface area (Å²) in [5.74, 6) is -0.471. The van der Waals surface area contributed by atoms with Crippen LogP contribution in [0.2, 0.25) is 0 Å². The number of urea groups is 1. The summed E-state index contributed by atoms with van der Waals surface area (Å²) in [6.45, 7) is 3.32. The van der Waals surface area contributed by atoms with Crippen LogP contribution in [0.5, 0.6) is 0 Å². The van der Waals surface area contributed by atoms with Crippen molar-refractivity contribution in [3.05, 3.63) is 0 Å². The lowest BCUT2D eigenvalue weighted by Crippen LogP contribution is -2.50. The predicted octanol–water partition coefficient (Wildman–Crippen LogP) is -2.02. The van der Waals surface area contributed by atoms with Crippen molar-refractivity contribution in [2.45, 2.75) is 49.9 Å². The van der Waals surface area contributed by atoms with Crippen molar-refractivity contribution in [3.8, 4) is 0 Å². The van der Waals surface area contributed by atoms with Crippen LogP contribution in [0.25, 0.3) is 0 Å². The summed E-state index contributed by atoms with van der Waals surface area (Å²) in [5.41, 5.74) is 5.75. The smallest absolute Gasteiger partial charge is 0.310 e. The fourth-order valence-corrected chi connectivity index (χ4v) is 4.80. The maximum atomic E-state index is 12.5. The van der Waals surface area contributed by atoms with Crippen LogP contribution in [0, 0.1) is 0 Å². The van der Waals surface area contributed by atoms with Crippen molar-refractivity contribution in [2.24, 2.45) is 0 Å². The molecular weight excluding hydrogens is 408 g/mol. The summed E-state index contributed by atoms with van der Waals surface area (Å²) in [6, 6.07) is -1.58. The summed E-state index contributed by atoms with van der Waals surface area (Å²) in [4.78, 5) is 31.4. The molecular formula is C15H26N6O7S. The molecule has 0 saturated carbocycles. The summed E-state index contributed by atoms with van der Waals surface area (Å²) < 4.78 is 35.0. The third-order valence-electron chi connectivity index (χ3n) is 5.79. The van der Waals surface area contributed by atoms with Crippen LogP contribution in [-0.4, -0.2) is 96.8 Å². The van der Waals surface area contributed by atoms with Gasteiger partial charge < -0.3 is 10.2 Å². The topological polar surface area (TPSA) is 153 Å². The number of nitrogens with zero attached hydrogens (tertiary/aromatic N) is 3. The average Bonchev–Trinajstić information content (AvgIpc) is 3.39. The average molecular weight is 434 g/mol. The highest BCUT2D eigenvalue weighted by atomic mass is 32.3. The van der Waals surface area contributed by atoms with Crippen LogP contribution in [-0.2, 0) is 24.3 Å². The van der Waals surface area contributed by atoms with E-state index in [9.17, 15) is 18.0 Å². The second-order valence-electron chi connectivity index (χ2n) is 7.74. The Morgan fingerprint density at radius 3 is 2.86 bits per heavy atom. The molecule has 4 fully saturated rings. The number of hydrazine groups is 1. The maximum absolute atomic E-state index is 12.5. The molecule has 0 aliphatic carbocycles. The largest absolute Gasteiger partial charge is 0.418 e. The van der Waals surface area contributed by atoms with E-state index in [-0.39, 0.29) is 12.6 Å². The molecule has 164 valence electrons. The zero-order valence-electron chi connectivity index (χ0n) is 15.8. The number of hydroxylamine groups is 3. The van der Waals surface area contributed by atoms with E-state index < -0.39 is 34.4 Å². The summed E-state index contributed by atoms with van der Waals surface area (Å²) in [6.07, 6.45) is 2.74. The minimum absolute atomic E-state index is 0.116. The van der Waals surface area contributed by atoms with E-state index in [4.69, 9.17) is 9.39 Å². The summed E-state index contributed by atoms with van der Waals surface area (Å²) >= 11 is 0. The zero-order chi connectivity index (χ0) is 20.6. The first-order valence-corrected chi connectivity index (χ1v) is 11.1. The molecule has 4 N–H and O–H groups in total. The molecule has 4 atom stereocenters. The molecule has 4 aliphatic heterocycles. The van der Waals surface area contributed by atoms with Crippen molar-refractivity contribution in [2.75, 3.05) is 32.8 Å². The Kier molecular flexibility index (Phi) is 5.92. The predicted molar refractivity (Wildman–Crippen MR) is 97.0 cm³/mol. The molecule has 0 aromatic rings. The van der Waals surface area contributed by atoms with Crippen LogP contribution in [0.15, 0.2) is 0 Å². The van der Waals surface area contributed by atoms with Gasteiger partial charge in [0, 0.05) is 38.3 Å². The Bertz CT molecular complexity index is 745. The van der Waals surface area contributed by atoms with Gasteiger partial charge in [0.1, 0.15) is 6.04 Å². The highest BCUT2D eigenvalue weighted by Gasteiger charge is 2.49. The Morgan fingerprint density at radius 2 is 2.14 bits per heavy atom. The summed E-state index contributed by atoms with van der Waals surface area (Å²) in [5, 5.41) is 6.22. The molecule has 4 aliphatic rings. The minimum atomic E-state index is -4.81. The standard InChI is InChI=1S/C15H26N6O7S/c22-14(18-27-9-10-6-12(7-16-10)20-5-1-4-17-20)13-3-2-11-8-19(13)15(23)21(11)28-29(24,25)26/h10-13,16-17H,1-9H2,(H,18,22)(H,24,25,26)/t10-,11?,12-,13?/m0/s1. The second-order valence-corrected chi connectivity index (χ2v) is 8.74. The van der Waals surface area contributed by atoms with E-state index in [1.54, 1.807) is 0 Å².